The molecular formula is C22H22N2O3S. The summed E-state index contributed by atoms with van der Waals surface area (Å²) in [6, 6.07) is 17.5. The summed E-state index contributed by atoms with van der Waals surface area (Å²) >= 11 is 1.48. The lowest BCUT2D eigenvalue weighted by atomic mass is 10.1. The Morgan fingerprint density at radius 1 is 0.964 bits per heavy atom. The molecule has 2 aromatic heterocycles. The summed E-state index contributed by atoms with van der Waals surface area (Å²) in [6.07, 6.45) is 0. The summed E-state index contributed by atoms with van der Waals surface area (Å²) in [5.74, 6) is 0.356. The van der Waals surface area contributed by atoms with Gasteiger partial charge in [0.2, 0.25) is 5.78 Å². The molecule has 0 bridgehead atoms. The highest BCUT2D eigenvalue weighted by atomic mass is 32.1. The number of fused-ring (bicyclic) bond motifs is 1. The van der Waals surface area contributed by atoms with Crippen molar-refractivity contribution in [1.29, 1.82) is 0 Å². The molecule has 4 aromatic rings. The van der Waals surface area contributed by atoms with Gasteiger partial charge >= 0.3 is 0 Å². The van der Waals surface area contributed by atoms with Crippen molar-refractivity contribution in [1.82, 2.24) is 4.57 Å². The maximum atomic E-state index is 12.7. The number of phenolic OH excluding ortho intramolecular Hbond substituents is 2. The van der Waals surface area contributed by atoms with E-state index >= 15 is 0 Å². The van der Waals surface area contributed by atoms with E-state index in [1.165, 1.54) is 30.5 Å². The summed E-state index contributed by atoms with van der Waals surface area (Å²) in [7, 11) is 1.50. The maximum absolute atomic E-state index is 12.7. The van der Waals surface area contributed by atoms with Crippen molar-refractivity contribution in [3.8, 4) is 11.5 Å². The van der Waals surface area contributed by atoms with Gasteiger partial charge in [-0.25, -0.2) is 0 Å². The number of carbonyl (C=O) groups is 1. The van der Waals surface area contributed by atoms with E-state index in [1.807, 2.05) is 18.2 Å². The van der Waals surface area contributed by atoms with Crippen molar-refractivity contribution < 1.29 is 15.0 Å². The topological polar surface area (TPSA) is 88.5 Å². The zero-order chi connectivity index (χ0) is 20.3. The molecule has 6 heteroatoms. The Labute approximate surface area is 167 Å². The van der Waals surface area contributed by atoms with Crippen LogP contribution in [0.4, 0.5) is 0 Å². The third-order valence-corrected chi connectivity index (χ3v) is 5.58. The van der Waals surface area contributed by atoms with E-state index in [0.29, 0.717) is 17.0 Å². The van der Waals surface area contributed by atoms with Gasteiger partial charge in [-0.05, 0) is 68.1 Å². The van der Waals surface area contributed by atoms with Gasteiger partial charge in [-0.15, -0.1) is 11.3 Å². The first-order chi connectivity index (χ1) is 13.5. The number of benzene rings is 2. The number of nitrogens with zero attached hydrogens (tertiary/aromatic N) is 1. The fourth-order valence-electron chi connectivity index (χ4n) is 3.02. The Bertz CT molecular complexity index is 1090. The average molecular weight is 394 g/mol. The first kappa shape index (κ1) is 19.7. The Balaban J connectivity index is 0.00000109. The highest BCUT2D eigenvalue weighted by Gasteiger charge is 2.16. The Morgan fingerprint density at radius 2 is 1.54 bits per heavy atom. The van der Waals surface area contributed by atoms with Crippen LogP contribution in [0, 0.1) is 6.92 Å². The molecule has 4 N–H and O–H groups in total. The van der Waals surface area contributed by atoms with Crippen LogP contribution in [0.15, 0.2) is 60.7 Å². The molecule has 0 atom stereocenters. The number of ketones is 1. The number of aryl methyl sites for hydroxylation is 1. The molecule has 144 valence electrons. The van der Waals surface area contributed by atoms with E-state index < -0.39 is 0 Å². The van der Waals surface area contributed by atoms with Crippen LogP contribution in [0.3, 0.4) is 0 Å². The standard InChI is InChI=1S/C21H17NO3S.CH5N/c1-13-10-16-11-19(20(25)15-4-8-18(24)9-5-15)26-21(16)22(13)12-14-2-6-17(23)7-3-14;1-2/h2-11,23-24H,12H2,1H3;2H2,1H3. The molecule has 2 aromatic carbocycles. The Hall–Kier alpha value is -3.09. The van der Waals surface area contributed by atoms with E-state index in [9.17, 15) is 15.0 Å². The van der Waals surface area contributed by atoms with Crippen LogP contribution >= 0.6 is 11.3 Å². The van der Waals surface area contributed by atoms with E-state index in [2.05, 4.69) is 23.3 Å². The van der Waals surface area contributed by atoms with Gasteiger partial charge in [0.05, 0.1) is 4.88 Å². The van der Waals surface area contributed by atoms with Crippen LogP contribution in [0.5, 0.6) is 11.5 Å². The summed E-state index contributed by atoms with van der Waals surface area (Å²) in [4.78, 5) is 14.4. The van der Waals surface area contributed by atoms with Gasteiger partial charge in [0.25, 0.3) is 0 Å². The van der Waals surface area contributed by atoms with Crippen LogP contribution < -0.4 is 5.73 Å². The smallest absolute Gasteiger partial charge is 0.203 e. The van der Waals surface area contributed by atoms with Gasteiger partial charge in [-0.2, -0.15) is 0 Å². The minimum atomic E-state index is -0.0416. The number of aromatic hydroxyl groups is 2. The van der Waals surface area contributed by atoms with E-state index in [-0.39, 0.29) is 17.3 Å². The van der Waals surface area contributed by atoms with Gasteiger partial charge < -0.3 is 20.5 Å². The SMILES string of the molecule is CN.Cc1cc2cc(C(=O)c3ccc(O)cc3)sc2n1Cc1ccc(O)cc1. The normalized spacial score (nSPS) is 10.5. The van der Waals surface area contributed by atoms with Gasteiger partial charge in [0.15, 0.2) is 0 Å². The van der Waals surface area contributed by atoms with Crippen LogP contribution in [0.25, 0.3) is 10.2 Å². The molecule has 5 nitrogen and oxygen atoms in total. The molecule has 0 amide bonds. The van der Waals surface area contributed by atoms with Crippen molar-refractivity contribution in [3.63, 3.8) is 0 Å². The monoisotopic (exact) mass is 394 g/mol. The minimum absolute atomic E-state index is 0.0416. The largest absolute Gasteiger partial charge is 0.508 e. The first-order valence-electron chi connectivity index (χ1n) is 8.80. The summed E-state index contributed by atoms with van der Waals surface area (Å²) < 4.78 is 2.18. The number of thiophene rings is 1. The highest BCUT2D eigenvalue weighted by Crippen LogP contribution is 2.31. The van der Waals surface area contributed by atoms with Gasteiger partial charge in [-0.1, -0.05) is 12.1 Å². The second kappa shape index (κ2) is 8.29. The molecule has 0 radical (unpaired) electrons. The van der Waals surface area contributed by atoms with Gasteiger partial charge in [-0.3, -0.25) is 4.79 Å². The molecule has 4 rings (SSSR count). The first-order valence-corrected chi connectivity index (χ1v) is 9.62. The summed E-state index contributed by atoms with van der Waals surface area (Å²) in [5.41, 5.74) is 7.28. The van der Waals surface area contributed by atoms with Crippen molar-refractivity contribution in [2.45, 2.75) is 13.5 Å². The fraction of sp³-hybridized carbons (Fsp3) is 0.136. The molecule has 0 unspecified atom stereocenters. The second-order valence-corrected chi connectivity index (χ2v) is 7.32. The number of phenols is 2. The molecule has 0 aliphatic rings. The number of hydrogen-bond acceptors (Lipinski definition) is 5. The molecular weight excluding hydrogens is 372 g/mol. The fourth-order valence-corrected chi connectivity index (χ4v) is 4.18. The third kappa shape index (κ3) is 3.93. The molecule has 2 heterocycles. The number of aromatic nitrogens is 1. The van der Waals surface area contributed by atoms with E-state index in [4.69, 9.17) is 0 Å². The molecule has 28 heavy (non-hydrogen) atoms. The zero-order valence-electron chi connectivity index (χ0n) is 15.7. The predicted molar refractivity (Wildman–Crippen MR) is 113 cm³/mol. The summed E-state index contributed by atoms with van der Waals surface area (Å²) in [5, 5.41) is 19.9. The van der Waals surface area contributed by atoms with Crippen LogP contribution in [-0.2, 0) is 6.54 Å². The van der Waals surface area contributed by atoms with Crippen molar-refractivity contribution in [2.75, 3.05) is 7.05 Å². The quantitative estimate of drug-likeness (QED) is 0.451. The lowest BCUT2D eigenvalue weighted by molar-refractivity contribution is 0.104. The molecule has 0 spiro atoms. The maximum Gasteiger partial charge on any atom is 0.203 e. The van der Waals surface area contributed by atoms with Gasteiger partial charge in [0, 0.05) is 23.2 Å². The predicted octanol–water partition coefficient (Wildman–Crippen LogP) is 4.28. The van der Waals surface area contributed by atoms with Crippen LogP contribution in [0.1, 0.15) is 26.5 Å². The van der Waals surface area contributed by atoms with E-state index in [1.54, 1.807) is 24.3 Å². The molecule has 0 aliphatic heterocycles. The van der Waals surface area contributed by atoms with E-state index in [0.717, 1.165) is 21.5 Å². The summed E-state index contributed by atoms with van der Waals surface area (Å²) in [6.45, 7) is 2.73. The van der Waals surface area contributed by atoms with Crippen molar-refractivity contribution in [3.05, 3.63) is 82.4 Å². The molecule has 0 saturated heterocycles. The van der Waals surface area contributed by atoms with Crippen molar-refractivity contribution in [2.24, 2.45) is 5.73 Å². The van der Waals surface area contributed by atoms with Crippen LogP contribution in [-0.4, -0.2) is 27.6 Å². The number of hydrogen-bond donors (Lipinski definition) is 3. The second-order valence-electron chi connectivity index (χ2n) is 6.29. The number of nitrogens with two attached hydrogens (primary N) is 1. The Morgan fingerprint density at radius 3 is 2.14 bits per heavy atom. The average Bonchev–Trinajstić information content (AvgIpc) is 3.24. The molecule has 0 fully saturated rings. The van der Waals surface area contributed by atoms with Gasteiger partial charge in [0.1, 0.15) is 16.3 Å². The molecule has 0 aliphatic carbocycles. The number of carbonyl (C=O) groups excluding carboxylic acids is 1. The third-order valence-electron chi connectivity index (χ3n) is 4.41. The zero-order valence-corrected chi connectivity index (χ0v) is 16.5. The van der Waals surface area contributed by atoms with Crippen LogP contribution in [0.2, 0.25) is 0 Å². The van der Waals surface area contributed by atoms with Crippen molar-refractivity contribution >= 4 is 27.3 Å². The lowest BCUT2D eigenvalue weighted by Gasteiger charge is -2.07. The highest BCUT2D eigenvalue weighted by molar-refractivity contribution is 7.20. The lowest BCUT2D eigenvalue weighted by Crippen LogP contribution is -2.00. The number of rotatable bonds is 4. The minimum Gasteiger partial charge on any atom is -0.508 e. The Kier molecular flexibility index (Phi) is 5.82. The molecule has 0 saturated carbocycles.